The molecule has 0 radical (unpaired) electrons. The first kappa shape index (κ1) is 33.5. The van der Waals surface area contributed by atoms with Crippen LogP contribution in [0.1, 0.15) is 42.4 Å². The fourth-order valence-electron chi connectivity index (χ4n) is 5.81. The molecule has 0 aliphatic heterocycles. The highest BCUT2D eigenvalue weighted by Crippen LogP contribution is 2.29. The molecular formula is C36H37Cl2N3O4S. The minimum atomic E-state index is -4.18. The van der Waals surface area contributed by atoms with E-state index >= 15 is 0 Å². The smallest absolute Gasteiger partial charge is 0.264 e. The first-order valence-corrected chi connectivity index (χ1v) is 17.5. The summed E-state index contributed by atoms with van der Waals surface area (Å²) in [6, 6.07) is 28.5. The number of carbonyl (C=O) groups is 2. The number of halogens is 2. The molecule has 4 aromatic carbocycles. The van der Waals surface area contributed by atoms with Gasteiger partial charge in [0.25, 0.3) is 10.0 Å². The Labute approximate surface area is 281 Å². The highest BCUT2D eigenvalue weighted by atomic mass is 35.5. The monoisotopic (exact) mass is 677 g/mol. The van der Waals surface area contributed by atoms with E-state index in [1.807, 2.05) is 43.3 Å². The van der Waals surface area contributed by atoms with Crippen molar-refractivity contribution >= 4 is 50.7 Å². The van der Waals surface area contributed by atoms with Gasteiger partial charge in [-0.05, 0) is 67.3 Å². The number of amides is 2. The Bertz CT molecular complexity index is 1740. The van der Waals surface area contributed by atoms with Crippen molar-refractivity contribution in [3.63, 3.8) is 0 Å². The van der Waals surface area contributed by atoms with E-state index in [4.69, 9.17) is 23.2 Å². The summed E-state index contributed by atoms with van der Waals surface area (Å²) < 4.78 is 29.4. The molecule has 240 valence electrons. The van der Waals surface area contributed by atoms with Crippen LogP contribution < -0.4 is 9.62 Å². The van der Waals surface area contributed by atoms with Crippen LogP contribution in [0.4, 0.5) is 5.69 Å². The van der Waals surface area contributed by atoms with Crippen LogP contribution in [0.2, 0.25) is 10.0 Å². The number of hydrogen-bond donors (Lipinski definition) is 1. The Morgan fingerprint density at radius 1 is 0.848 bits per heavy atom. The summed E-state index contributed by atoms with van der Waals surface area (Å²) in [5.74, 6) is -0.875. The molecule has 1 saturated carbocycles. The maximum atomic E-state index is 14.6. The third-order valence-corrected chi connectivity index (χ3v) is 10.8. The molecule has 1 N–H and O–H groups in total. The molecule has 0 spiro atoms. The predicted molar refractivity (Wildman–Crippen MR) is 183 cm³/mol. The van der Waals surface area contributed by atoms with E-state index in [9.17, 15) is 18.0 Å². The van der Waals surface area contributed by atoms with E-state index in [1.54, 1.807) is 54.6 Å². The first-order valence-electron chi connectivity index (χ1n) is 15.3. The van der Waals surface area contributed by atoms with E-state index in [0.717, 1.165) is 41.1 Å². The van der Waals surface area contributed by atoms with Crippen molar-refractivity contribution in [1.82, 2.24) is 10.2 Å². The van der Waals surface area contributed by atoms with Gasteiger partial charge in [-0.15, -0.1) is 0 Å². The van der Waals surface area contributed by atoms with E-state index in [1.165, 1.54) is 17.0 Å². The molecule has 5 rings (SSSR count). The average molecular weight is 679 g/mol. The van der Waals surface area contributed by atoms with Gasteiger partial charge in [-0.3, -0.25) is 13.9 Å². The fraction of sp³-hybridized carbons (Fsp3) is 0.278. The molecule has 2 amide bonds. The molecular weight excluding hydrogens is 641 g/mol. The molecule has 1 aliphatic rings. The Morgan fingerprint density at radius 3 is 2.09 bits per heavy atom. The topological polar surface area (TPSA) is 86.8 Å². The zero-order valence-electron chi connectivity index (χ0n) is 25.6. The summed E-state index contributed by atoms with van der Waals surface area (Å²) in [7, 11) is -4.18. The van der Waals surface area contributed by atoms with Gasteiger partial charge in [0, 0.05) is 34.6 Å². The fourth-order valence-corrected chi connectivity index (χ4v) is 7.75. The standard InChI is InChI=1S/C36H37Cl2N3O4S/c1-26-12-10-17-29(22-26)41(46(44,45)30-18-6-3-7-19-30)25-35(42)40(24-31-32(37)20-11-21-33(31)38)34(23-27-13-4-2-5-14-27)36(43)39-28-15-8-9-16-28/h2-7,10-14,17-22,28,34H,8-9,15-16,23-25H2,1H3,(H,39,43)/t34-/m1/s1. The quantitative estimate of drug-likeness (QED) is 0.172. The molecule has 1 atom stereocenters. The summed E-state index contributed by atoms with van der Waals surface area (Å²) in [5, 5.41) is 3.85. The van der Waals surface area contributed by atoms with Crippen LogP contribution in [0.5, 0.6) is 0 Å². The van der Waals surface area contributed by atoms with E-state index in [2.05, 4.69) is 5.32 Å². The van der Waals surface area contributed by atoms with Gasteiger partial charge in [0.2, 0.25) is 11.8 Å². The lowest BCUT2D eigenvalue weighted by Gasteiger charge is -2.34. The van der Waals surface area contributed by atoms with E-state index in [0.29, 0.717) is 21.3 Å². The first-order chi connectivity index (χ1) is 22.1. The predicted octanol–water partition coefficient (Wildman–Crippen LogP) is 7.20. The number of anilines is 1. The number of hydrogen-bond acceptors (Lipinski definition) is 4. The lowest BCUT2D eigenvalue weighted by atomic mass is 10.0. The number of nitrogens with zero attached hydrogens (tertiary/aromatic N) is 2. The van der Waals surface area contributed by atoms with Gasteiger partial charge in [-0.25, -0.2) is 8.42 Å². The highest BCUT2D eigenvalue weighted by molar-refractivity contribution is 7.92. The molecule has 10 heteroatoms. The van der Waals surface area contributed by atoms with Gasteiger partial charge in [-0.2, -0.15) is 0 Å². The zero-order chi connectivity index (χ0) is 32.7. The van der Waals surface area contributed by atoms with Crippen LogP contribution in [0.15, 0.2) is 108 Å². The maximum Gasteiger partial charge on any atom is 0.264 e. The summed E-state index contributed by atoms with van der Waals surface area (Å²) >= 11 is 13.2. The van der Waals surface area contributed by atoms with Gasteiger partial charge in [-0.1, -0.05) is 103 Å². The molecule has 7 nitrogen and oxygen atoms in total. The van der Waals surface area contributed by atoms with E-state index in [-0.39, 0.29) is 29.8 Å². The molecule has 0 heterocycles. The zero-order valence-corrected chi connectivity index (χ0v) is 27.9. The lowest BCUT2D eigenvalue weighted by molar-refractivity contribution is -0.140. The van der Waals surface area contributed by atoms with Crippen LogP contribution in [-0.2, 0) is 32.6 Å². The average Bonchev–Trinajstić information content (AvgIpc) is 3.56. The van der Waals surface area contributed by atoms with Crippen LogP contribution in [0.25, 0.3) is 0 Å². The summed E-state index contributed by atoms with van der Waals surface area (Å²) in [4.78, 5) is 30.2. The Hall–Kier alpha value is -3.85. The van der Waals surface area contributed by atoms with Crippen molar-refractivity contribution in [1.29, 1.82) is 0 Å². The van der Waals surface area contributed by atoms with Gasteiger partial charge in [0.15, 0.2) is 0 Å². The number of nitrogens with one attached hydrogen (secondary N) is 1. The minimum absolute atomic E-state index is 0.00822. The highest BCUT2D eigenvalue weighted by Gasteiger charge is 2.36. The van der Waals surface area contributed by atoms with Crippen molar-refractivity contribution < 1.29 is 18.0 Å². The number of sulfonamides is 1. The van der Waals surface area contributed by atoms with Gasteiger partial charge < -0.3 is 10.2 Å². The number of rotatable bonds is 12. The number of benzene rings is 4. The van der Waals surface area contributed by atoms with Crippen LogP contribution in [0.3, 0.4) is 0 Å². The molecule has 0 unspecified atom stereocenters. The van der Waals surface area contributed by atoms with Crippen molar-refractivity contribution in [2.24, 2.45) is 0 Å². The van der Waals surface area contributed by atoms with Crippen molar-refractivity contribution in [3.8, 4) is 0 Å². The van der Waals surface area contributed by atoms with Crippen LogP contribution >= 0.6 is 23.2 Å². The Morgan fingerprint density at radius 2 is 1.46 bits per heavy atom. The van der Waals surface area contributed by atoms with Crippen LogP contribution in [0, 0.1) is 6.92 Å². The van der Waals surface area contributed by atoms with E-state index < -0.39 is 28.5 Å². The molecule has 0 saturated heterocycles. The van der Waals surface area contributed by atoms with Crippen LogP contribution in [-0.4, -0.2) is 43.8 Å². The van der Waals surface area contributed by atoms with Crippen molar-refractivity contribution in [2.75, 3.05) is 10.8 Å². The third kappa shape index (κ3) is 8.10. The van der Waals surface area contributed by atoms with Gasteiger partial charge in [0.05, 0.1) is 10.6 Å². The van der Waals surface area contributed by atoms with Gasteiger partial charge in [0.1, 0.15) is 12.6 Å². The third-order valence-electron chi connectivity index (χ3n) is 8.26. The molecule has 46 heavy (non-hydrogen) atoms. The van der Waals surface area contributed by atoms with Gasteiger partial charge >= 0.3 is 0 Å². The second kappa shape index (κ2) is 15.2. The molecule has 1 aliphatic carbocycles. The number of aryl methyl sites for hydroxylation is 1. The summed E-state index contributed by atoms with van der Waals surface area (Å²) in [6.45, 7) is 1.21. The molecule has 0 aromatic heterocycles. The SMILES string of the molecule is Cc1cccc(N(CC(=O)N(Cc2c(Cl)cccc2Cl)[C@H](Cc2ccccc2)C(=O)NC2CCCC2)S(=O)(=O)c2ccccc2)c1. The molecule has 4 aromatic rings. The Balaban J connectivity index is 1.59. The summed E-state index contributed by atoms with van der Waals surface area (Å²) in [5.41, 5.74) is 2.49. The second-order valence-corrected chi connectivity index (χ2v) is 14.3. The lowest BCUT2D eigenvalue weighted by Crippen LogP contribution is -2.54. The minimum Gasteiger partial charge on any atom is -0.352 e. The van der Waals surface area contributed by atoms with Crippen molar-refractivity contribution in [2.45, 2.75) is 62.6 Å². The Kier molecular flexibility index (Phi) is 11.0. The second-order valence-electron chi connectivity index (χ2n) is 11.6. The van der Waals surface area contributed by atoms with Crippen molar-refractivity contribution in [3.05, 3.63) is 130 Å². The molecule has 0 bridgehead atoms. The summed E-state index contributed by atoms with van der Waals surface area (Å²) in [6.07, 6.45) is 3.99. The molecule has 1 fully saturated rings. The largest absolute Gasteiger partial charge is 0.352 e. The maximum absolute atomic E-state index is 14.6. The number of carbonyl (C=O) groups excluding carboxylic acids is 2. The normalized spacial score (nSPS) is 14.1.